The Labute approximate surface area is 231 Å². The van der Waals surface area contributed by atoms with E-state index in [0.717, 1.165) is 23.4 Å². The standard InChI is InChI=1S/C30H28N4O4S/c1-2-19-9-3-6-12-22(19)32-26(35)16-18-34-28(27(33-30(34)39)23-13-7-8-17-31-23)25-15-14-24(38-25)20-10-4-5-11-21(20)29(36)37/h3-15,17,27-28H,2,16,18H2,1H3,(H,32,35)(H,33,39)(H,36,37). The lowest BCUT2D eigenvalue weighted by Gasteiger charge is -2.26. The third-order valence-electron chi connectivity index (χ3n) is 6.79. The summed E-state index contributed by atoms with van der Waals surface area (Å²) in [7, 11) is 0. The number of thiocarbonyl (C=S) groups is 1. The lowest BCUT2D eigenvalue weighted by Crippen LogP contribution is -2.32. The monoisotopic (exact) mass is 540 g/mol. The van der Waals surface area contributed by atoms with Crippen LogP contribution in [0.15, 0.2) is 89.5 Å². The number of pyridine rings is 1. The molecule has 4 aromatic rings. The van der Waals surface area contributed by atoms with E-state index >= 15 is 0 Å². The number of hydrogen-bond acceptors (Lipinski definition) is 5. The average molecular weight is 541 g/mol. The van der Waals surface area contributed by atoms with Crippen molar-refractivity contribution in [3.05, 3.63) is 108 Å². The van der Waals surface area contributed by atoms with Gasteiger partial charge in [-0.2, -0.15) is 0 Å². The van der Waals surface area contributed by atoms with Crippen LogP contribution in [0.25, 0.3) is 11.3 Å². The normalized spacial score (nSPS) is 16.6. The first-order valence-electron chi connectivity index (χ1n) is 12.7. The molecule has 0 aliphatic carbocycles. The third kappa shape index (κ3) is 5.53. The fraction of sp³-hybridized carbons (Fsp3) is 0.200. The molecule has 1 amide bonds. The molecule has 1 aliphatic heterocycles. The predicted molar refractivity (Wildman–Crippen MR) is 152 cm³/mol. The second-order valence-corrected chi connectivity index (χ2v) is 9.57. The van der Waals surface area contributed by atoms with Crippen LogP contribution in [0.4, 0.5) is 5.69 Å². The van der Waals surface area contributed by atoms with E-state index in [0.29, 0.717) is 28.7 Å². The van der Waals surface area contributed by atoms with Crippen LogP contribution in [0.5, 0.6) is 0 Å². The second kappa shape index (κ2) is 11.5. The van der Waals surface area contributed by atoms with Gasteiger partial charge in [0.25, 0.3) is 0 Å². The average Bonchev–Trinajstić information content (AvgIpc) is 3.57. The van der Waals surface area contributed by atoms with Gasteiger partial charge in [0.05, 0.1) is 17.3 Å². The van der Waals surface area contributed by atoms with Gasteiger partial charge in [-0.1, -0.05) is 49.4 Å². The molecule has 0 spiro atoms. The van der Waals surface area contributed by atoms with Gasteiger partial charge in [0.1, 0.15) is 17.6 Å². The number of rotatable bonds is 9. The molecule has 1 aliphatic rings. The molecule has 3 heterocycles. The summed E-state index contributed by atoms with van der Waals surface area (Å²) in [5, 5.41) is 16.5. The highest BCUT2D eigenvalue weighted by Crippen LogP contribution is 2.40. The molecule has 3 N–H and O–H groups in total. The molecule has 1 saturated heterocycles. The van der Waals surface area contributed by atoms with Crippen LogP contribution in [0.2, 0.25) is 0 Å². The number of benzene rings is 2. The first-order valence-corrected chi connectivity index (χ1v) is 13.1. The Hall–Kier alpha value is -4.50. The molecule has 39 heavy (non-hydrogen) atoms. The van der Waals surface area contributed by atoms with E-state index in [4.69, 9.17) is 16.6 Å². The number of anilines is 1. The van der Waals surface area contributed by atoms with Gasteiger partial charge in [-0.05, 0) is 60.6 Å². The molecule has 2 atom stereocenters. The second-order valence-electron chi connectivity index (χ2n) is 9.18. The smallest absolute Gasteiger partial charge is 0.336 e. The molecule has 5 rings (SSSR count). The van der Waals surface area contributed by atoms with E-state index in [9.17, 15) is 14.7 Å². The number of carboxylic acid groups (broad SMARTS) is 1. The van der Waals surface area contributed by atoms with Crippen LogP contribution >= 0.6 is 12.2 Å². The summed E-state index contributed by atoms with van der Waals surface area (Å²) in [5.41, 5.74) is 3.29. The van der Waals surface area contributed by atoms with Crippen molar-refractivity contribution in [1.82, 2.24) is 15.2 Å². The van der Waals surface area contributed by atoms with Crippen molar-refractivity contribution in [2.75, 3.05) is 11.9 Å². The number of amides is 1. The molecular formula is C30H28N4O4S. The summed E-state index contributed by atoms with van der Waals surface area (Å²) in [6, 6.07) is 23.0. The van der Waals surface area contributed by atoms with E-state index < -0.39 is 12.0 Å². The molecule has 9 heteroatoms. The highest BCUT2D eigenvalue weighted by molar-refractivity contribution is 7.80. The number of carbonyl (C=O) groups is 2. The topological polar surface area (TPSA) is 108 Å². The number of nitrogens with one attached hydrogen (secondary N) is 2. The SMILES string of the molecule is CCc1ccccc1NC(=O)CCN1C(=S)NC(c2ccccn2)C1c1ccc(-c2ccccc2C(=O)O)o1. The van der Waals surface area contributed by atoms with E-state index in [1.807, 2.05) is 60.4 Å². The number of nitrogens with zero attached hydrogens (tertiary/aromatic N) is 2. The molecule has 198 valence electrons. The molecule has 0 bridgehead atoms. The van der Waals surface area contributed by atoms with Gasteiger partial charge in [0.15, 0.2) is 5.11 Å². The van der Waals surface area contributed by atoms with Crippen LogP contribution in [0, 0.1) is 0 Å². The Morgan fingerprint density at radius 2 is 1.82 bits per heavy atom. The lowest BCUT2D eigenvalue weighted by atomic mass is 10.0. The first kappa shape index (κ1) is 26.1. The van der Waals surface area contributed by atoms with Gasteiger partial charge in [0, 0.05) is 30.4 Å². The van der Waals surface area contributed by atoms with Crippen LogP contribution in [0.3, 0.4) is 0 Å². The molecule has 8 nitrogen and oxygen atoms in total. The van der Waals surface area contributed by atoms with Crippen LogP contribution in [0.1, 0.15) is 52.8 Å². The maximum atomic E-state index is 12.9. The van der Waals surface area contributed by atoms with E-state index in [2.05, 4.69) is 15.6 Å². The van der Waals surface area contributed by atoms with Gasteiger partial charge in [0.2, 0.25) is 5.91 Å². The summed E-state index contributed by atoms with van der Waals surface area (Å²) < 4.78 is 6.27. The van der Waals surface area contributed by atoms with Crippen LogP contribution in [-0.4, -0.2) is 38.5 Å². The van der Waals surface area contributed by atoms with Crippen molar-refractivity contribution in [2.45, 2.75) is 31.8 Å². The molecule has 2 aromatic carbocycles. The maximum absolute atomic E-state index is 12.9. The number of furan rings is 1. The summed E-state index contributed by atoms with van der Waals surface area (Å²) in [6.07, 6.45) is 2.74. The minimum atomic E-state index is -1.03. The van der Waals surface area contributed by atoms with Crippen molar-refractivity contribution >= 4 is 34.9 Å². The maximum Gasteiger partial charge on any atom is 0.336 e. The van der Waals surface area contributed by atoms with Gasteiger partial charge in [-0.3, -0.25) is 9.78 Å². The molecule has 0 radical (unpaired) electrons. The van der Waals surface area contributed by atoms with Crippen molar-refractivity contribution in [3.63, 3.8) is 0 Å². The Balaban J connectivity index is 1.42. The van der Waals surface area contributed by atoms with Gasteiger partial charge in [-0.25, -0.2) is 4.79 Å². The van der Waals surface area contributed by atoms with E-state index in [-0.39, 0.29) is 23.9 Å². The number of aromatic carboxylic acids is 1. The highest BCUT2D eigenvalue weighted by atomic mass is 32.1. The highest BCUT2D eigenvalue weighted by Gasteiger charge is 2.41. The Bertz CT molecular complexity index is 1500. The Morgan fingerprint density at radius 1 is 1.05 bits per heavy atom. The first-order chi connectivity index (χ1) is 19.0. The Morgan fingerprint density at radius 3 is 2.59 bits per heavy atom. The molecule has 2 aromatic heterocycles. The van der Waals surface area contributed by atoms with E-state index in [1.165, 1.54) is 0 Å². The van der Waals surface area contributed by atoms with Gasteiger partial charge in [-0.15, -0.1) is 0 Å². The van der Waals surface area contributed by atoms with Crippen molar-refractivity contribution in [1.29, 1.82) is 0 Å². The summed E-state index contributed by atoms with van der Waals surface area (Å²) >= 11 is 5.71. The van der Waals surface area contributed by atoms with Crippen molar-refractivity contribution in [2.24, 2.45) is 0 Å². The largest absolute Gasteiger partial charge is 0.478 e. The number of hydrogen-bond donors (Lipinski definition) is 3. The van der Waals surface area contributed by atoms with Crippen LogP contribution < -0.4 is 10.6 Å². The lowest BCUT2D eigenvalue weighted by molar-refractivity contribution is -0.116. The summed E-state index contributed by atoms with van der Waals surface area (Å²) in [6.45, 7) is 2.40. The van der Waals surface area contributed by atoms with Crippen molar-refractivity contribution in [3.8, 4) is 11.3 Å². The zero-order valence-electron chi connectivity index (χ0n) is 21.3. The fourth-order valence-electron chi connectivity index (χ4n) is 4.88. The third-order valence-corrected chi connectivity index (χ3v) is 7.14. The van der Waals surface area contributed by atoms with Gasteiger partial charge < -0.3 is 25.1 Å². The number of carboxylic acids is 1. The quantitative estimate of drug-likeness (QED) is 0.235. The molecule has 0 saturated carbocycles. The summed E-state index contributed by atoms with van der Waals surface area (Å²) in [4.78, 5) is 31.2. The molecular weight excluding hydrogens is 512 g/mol. The van der Waals surface area contributed by atoms with Gasteiger partial charge >= 0.3 is 5.97 Å². The molecule has 1 fully saturated rings. The minimum absolute atomic E-state index is 0.116. The fourth-order valence-corrected chi connectivity index (χ4v) is 5.21. The summed E-state index contributed by atoms with van der Waals surface area (Å²) in [5.74, 6) is -0.121. The number of carbonyl (C=O) groups excluding carboxylic acids is 1. The number of aromatic nitrogens is 1. The minimum Gasteiger partial charge on any atom is -0.478 e. The number of para-hydroxylation sites is 1. The van der Waals surface area contributed by atoms with Crippen molar-refractivity contribution < 1.29 is 19.1 Å². The number of aryl methyl sites for hydroxylation is 1. The zero-order valence-corrected chi connectivity index (χ0v) is 22.2. The zero-order chi connectivity index (χ0) is 27.4. The van der Waals surface area contributed by atoms with Crippen LogP contribution in [-0.2, 0) is 11.2 Å². The molecule has 2 unspecified atom stereocenters. The predicted octanol–water partition coefficient (Wildman–Crippen LogP) is 5.60. The van der Waals surface area contributed by atoms with E-state index in [1.54, 1.807) is 36.5 Å². The Kier molecular flexibility index (Phi) is 7.69.